The van der Waals surface area contributed by atoms with Gasteiger partial charge in [-0.3, -0.25) is 4.79 Å². The Labute approximate surface area is 139 Å². The SMILES string of the molecule is COc1cc(Cl)c(C)cc1NC(=O)CCNc1cccc(F)c1. The lowest BCUT2D eigenvalue weighted by Crippen LogP contribution is -2.16. The predicted octanol–water partition coefficient (Wildman–Crippen LogP) is 4.24. The number of halogens is 2. The lowest BCUT2D eigenvalue weighted by molar-refractivity contribution is -0.115. The number of hydrogen-bond donors (Lipinski definition) is 2. The molecule has 6 heteroatoms. The minimum absolute atomic E-state index is 0.172. The van der Waals surface area contributed by atoms with Crippen molar-refractivity contribution in [3.8, 4) is 5.75 Å². The second kappa shape index (κ2) is 7.83. The molecule has 0 atom stereocenters. The van der Waals surface area contributed by atoms with Crippen molar-refractivity contribution in [1.29, 1.82) is 0 Å². The van der Waals surface area contributed by atoms with E-state index < -0.39 is 0 Å². The Morgan fingerprint density at radius 3 is 2.78 bits per heavy atom. The van der Waals surface area contributed by atoms with Gasteiger partial charge in [-0.1, -0.05) is 17.7 Å². The molecule has 2 aromatic carbocycles. The summed E-state index contributed by atoms with van der Waals surface area (Å²) in [4.78, 5) is 12.0. The number of ether oxygens (including phenoxy) is 1. The van der Waals surface area contributed by atoms with Gasteiger partial charge in [0, 0.05) is 29.7 Å². The van der Waals surface area contributed by atoms with Gasteiger partial charge in [-0.15, -0.1) is 0 Å². The summed E-state index contributed by atoms with van der Waals surface area (Å²) < 4.78 is 18.3. The van der Waals surface area contributed by atoms with Gasteiger partial charge in [-0.05, 0) is 36.8 Å². The van der Waals surface area contributed by atoms with E-state index in [-0.39, 0.29) is 18.1 Å². The molecule has 0 unspecified atom stereocenters. The Morgan fingerprint density at radius 1 is 1.30 bits per heavy atom. The number of carbonyl (C=O) groups is 1. The van der Waals surface area contributed by atoms with Crippen LogP contribution in [0, 0.1) is 12.7 Å². The molecule has 0 spiro atoms. The Bertz CT molecular complexity index is 707. The topological polar surface area (TPSA) is 50.4 Å². The van der Waals surface area contributed by atoms with Crippen molar-refractivity contribution in [2.24, 2.45) is 0 Å². The van der Waals surface area contributed by atoms with E-state index >= 15 is 0 Å². The molecular weight excluding hydrogens is 319 g/mol. The Morgan fingerprint density at radius 2 is 2.09 bits per heavy atom. The van der Waals surface area contributed by atoms with Crippen LogP contribution >= 0.6 is 11.6 Å². The lowest BCUT2D eigenvalue weighted by Gasteiger charge is -2.12. The minimum Gasteiger partial charge on any atom is -0.495 e. The number of aryl methyl sites for hydroxylation is 1. The van der Waals surface area contributed by atoms with E-state index in [2.05, 4.69) is 10.6 Å². The quantitative estimate of drug-likeness (QED) is 0.829. The number of benzene rings is 2. The Balaban J connectivity index is 1.91. The largest absolute Gasteiger partial charge is 0.495 e. The van der Waals surface area contributed by atoms with Gasteiger partial charge in [0.05, 0.1) is 12.8 Å². The summed E-state index contributed by atoms with van der Waals surface area (Å²) in [5.41, 5.74) is 2.06. The number of carbonyl (C=O) groups excluding carboxylic acids is 1. The van der Waals surface area contributed by atoms with Crippen molar-refractivity contribution in [2.75, 3.05) is 24.3 Å². The summed E-state index contributed by atoms with van der Waals surface area (Å²) in [6.07, 6.45) is 0.237. The molecule has 1 amide bonds. The molecule has 0 saturated heterocycles. The summed E-state index contributed by atoms with van der Waals surface area (Å²) in [7, 11) is 1.52. The fourth-order valence-electron chi connectivity index (χ4n) is 2.06. The molecule has 0 aliphatic heterocycles. The van der Waals surface area contributed by atoms with Crippen LogP contribution in [0.25, 0.3) is 0 Å². The van der Waals surface area contributed by atoms with Crippen molar-refractivity contribution in [1.82, 2.24) is 0 Å². The second-order valence-electron chi connectivity index (χ2n) is 5.04. The van der Waals surface area contributed by atoms with Gasteiger partial charge in [-0.2, -0.15) is 0 Å². The normalized spacial score (nSPS) is 10.3. The summed E-state index contributed by atoms with van der Waals surface area (Å²) in [6, 6.07) is 9.53. The maximum absolute atomic E-state index is 13.1. The molecule has 4 nitrogen and oxygen atoms in total. The first-order valence-electron chi connectivity index (χ1n) is 7.13. The van der Waals surface area contributed by atoms with E-state index in [4.69, 9.17) is 16.3 Å². The van der Waals surface area contributed by atoms with E-state index in [0.29, 0.717) is 28.7 Å². The van der Waals surface area contributed by atoms with Crippen LogP contribution in [0.3, 0.4) is 0 Å². The van der Waals surface area contributed by atoms with Gasteiger partial charge in [0.15, 0.2) is 0 Å². The third-order valence-corrected chi connectivity index (χ3v) is 3.67. The zero-order valence-corrected chi connectivity index (χ0v) is 13.7. The van der Waals surface area contributed by atoms with Gasteiger partial charge >= 0.3 is 0 Å². The van der Waals surface area contributed by atoms with Gasteiger partial charge in [0.25, 0.3) is 0 Å². The highest BCUT2D eigenvalue weighted by molar-refractivity contribution is 6.31. The molecule has 2 aromatic rings. The van der Waals surface area contributed by atoms with Crippen molar-refractivity contribution < 1.29 is 13.9 Å². The first-order chi connectivity index (χ1) is 11.0. The third-order valence-electron chi connectivity index (χ3n) is 3.26. The van der Waals surface area contributed by atoms with Crippen molar-refractivity contribution in [2.45, 2.75) is 13.3 Å². The van der Waals surface area contributed by atoms with Gasteiger partial charge in [0.2, 0.25) is 5.91 Å². The van der Waals surface area contributed by atoms with Gasteiger partial charge < -0.3 is 15.4 Å². The highest BCUT2D eigenvalue weighted by Crippen LogP contribution is 2.30. The van der Waals surface area contributed by atoms with E-state index in [0.717, 1.165) is 5.56 Å². The molecule has 0 aliphatic carbocycles. The van der Waals surface area contributed by atoms with Crippen molar-refractivity contribution >= 4 is 28.9 Å². The molecule has 0 bridgehead atoms. The molecule has 2 rings (SSSR count). The van der Waals surface area contributed by atoms with Crippen LogP contribution in [0.1, 0.15) is 12.0 Å². The number of methoxy groups -OCH3 is 1. The molecule has 2 N–H and O–H groups in total. The van der Waals surface area contributed by atoms with Gasteiger partial charge in [0.1, 0.15) is 11.6 Å². The first kappa shape index (κ1) is 17.1. The maximum Gasteiger partial charge on any atom is 0.226 e. The highest BCUT2D eigenvalue weighted by Gasteiger charge is 2.10. The van der Waals surface area contributed by atoms with Crippen molar-refractivity contribution in [3.05, 3.63) is 52.8 Å². The van der Waals surface area contributed by atoms with Crippen LogP contribution in [-0.2, 0) is 4.79 Å². The molecule has 0 radical (unpaired) electrons. The summed E-state index contributed by atoms with van der Waals surface area (Å²) in [6.45, 7) is 2.24. The molecule has 23 heavy (non-hydrogen) atoms. The van der Waals surface area contributed by atoms with Crippen LogP contribution in [0.5, 0.6) is 5.75 Å². The van der Waals surface area contributed by atoms with E-state index in [1.54, 1.807) is 24.3 Å². The highest BCUT2D eigenvalue weighted by atomic mass is 35.5. The fraction of sp³-hybridized carbons (Fsp3) is 0.235. The number of amides is 1. The Hall–Kier alpha value is -2.27. The number of hydrogen-bond acceptors (Lipinski definition) is 3. The maximum atomic E-state index is 13.1. The summed E-state index contributed by atoms with van der Waals surface area (Å²) in [5.74, 6) is 0.0155. The number of nitrogens with one attached hydrogen (secondary N) is 2. The number of anilines is 2. The molecule has 0 fully saturated rings. The first-order valence-corrected chi connectivity index (χ1v) is 7.51. The molecule has 0 saturated carbocycles. The Kier molecular flexibility index (Phi) is 5.82. The minimum atomic E-state index is -0.319. The number of rotatable bonds is 6. The smallest absolute Gasteiger partial charge is 0.226 e. The van der Waals surface area contributed by atoms with Crippen LogP contribution < -0.4 is 15.4 Å². The van der Waals surface area contributed by atoms with E-state index in [9.17, 15) is 9.18 Å². The molecular formula is C17H18ClFN2O2. The lowest BCUT2D eigenvalue weighted by atomic mass is 10.2. The van der Waals surface area contributed by atoms with E-state index in [1.165, 1.54) is 19.2 Å². The average Bonchev–Trinajstić information content (AvgIpc) is 2.50. The monoisotopic (exact) mass is 336 g/mol. The fourth-order valence-corrected chi connectivity index (χ4v) is 2.21. The summed E-state index contributed by atoms with van der Waals surface area (Å²) in [5, 5.41) is 6.37. The van der Waals surface area contributed by atoms with Gasteiger partial charge in [-0.25, -0.2) is 4.39 Å². The third kappa shape index (κ3) is 4.86. The van der Waals surface area contributed by atoms with Crippen molar-refractivity contribution in [3.63, 3.8) is 0 Å². The van der Waals surface area contributed by atoms with Crippen LogP contribution in [0.15, 0.2) is 36.4 Å². The predicted molar refractivity (Wildman–Crippen MR) is 90.9 cm³/mol. The zero-order chi connectivity index (χ0) is 16.8. The molecule has 122 valence electrons. The van der Waals surface area contributed by atoms with Crippen LogP contribution in [0.2, 0.25) is 5.02 Å². The molecule has 0 aliphatic rings. The van der Waals surface area contributed by atoms with E-state index in [1.807, 2.05) is 6.92 Å². The van der Waals surface area contributed by atoms with Crippen LogP contribution in [-0.4, -0.2) is 19.6 Å². The molecule has 0 heterocycles. The standard InChI is InChI=1S/C17H18ClFN2O2/c1-11-8-15(16(23-2)10-14(11)18)21-17(22)6-7-20-13-5-3-4-12(19)9-13/h3-5,8-10,20H,6-7H2,1-2H3,(H,21,22). The average molecular weight is 337 g/mol. The summed E-state index contributed by atoms with van der Waals surface area (Å²) >= 11 is 6.03. The molecule has 0 aromatic heterocycles. The van der Waals surface area contributed by atoms with Crippen LogP contribution in [0.4, 0.5) is 15.8 Å². The zero-order valence-electron chi connectivity index (χ0n) is 13.0. The second-order valence-corrected chi connectivity index (χ2v) is 5.44.